The highest BCUT2D eigenvalue weighted by Crippen LogP contribution is 2.25. The SMILES string of the molecule is CN(CC(=O)Nc1ccc(Cl)c(Cl)c1)S(=O)(=O)c1cccc(Br)c1. The molecule has 0 radical (unpaired) electrons. The van der Waals surface area contributed by atoms with Gasteiger partial charge in [0, 0.05) is 17.2 Å². The van der Waals surface area contributed by atoms with Gasteiger partial charge in [0.15, 0.2) is 0 Å². The van der Waals surface area contributed by atoms with Crippen molar-refractivity contribution in [2.45, 2.75) is 4.90 Å². The first-order chi connectivity index (χ1) is 11.2. The van der Waals surface area contributed by atoms with Crippen LogP contribution in [0.5, 0.6) is 0 Å². The molecule has 0 aliphatic rings. The van der Waals surface area contributed by atoms with Crippen LogP contribution < -0.4 is 5.32 Å². The van der Waals surface area contributed by atoms with Crippen LogP contribution in [0, 0.1) is 0 Å². The van der Waals surface area contributed by atoms with Gasteiger partial charge in [-0.3, -0.25) is 4.79 Å². The number of rotatable bonds is 5. The molecular weight excluding hydrogens is 439 g/mol. The number of hydrogen-bond acceptors (Lipinski definition) is 3. The fourth-order valence-corrected chi connectivity index (χ4v) is 3.89. The van der Waals surface area contributed by atoms with Gasteiger partial charge in [-0.25, -0.2) is 8.42 Å². The molecule has 9 heteroatoms. The number of sulfonamides is 1. The molecular formula is C15H13BrCl2N2O3S. The van der Waals surface area contributed by atoms with Gasteiger partial charge in [-0.1, -0.05) is 45.2 Å². The van der Waals surface area contributed by atoms with E-state index in [1.165, 1.54) is 25.2 Å². The Kier molecular flexibility index (Phi) is 6.28. The Bertz CT molecular complexity index is 875. The second-order valence-electron chi connectivity index (χ2n) is 4.90. The minimum absolute atomic E-state index is 0.0988. The van der Waals surface area contributed by atoms with Crippen molar-refractivity contribution in [1.82, 2.24) is 4.31 Å². The second kappa shape index (κ2) is 7.84. The van der Waals surface area contributed by atoms with Crippen molar-refractivity contribution in [3.63, 3.8) is 0 Å². The van der Waals surface area contributed by atoms with Gasteiger partial charge in [0.05, 0.1) is 21.5 Å². The van der Waals surface area contributed by atoms with Crippen molar-refractivity contribution >= 4 is 60.7 Å². The van der Waals surface area contributed by atoms with Gasteiger partial charge >= 0.3 is 0 Å². The van der Waals surface area contributed by atoms with E-state index in [2.05, 4.69) is 21.2 Å². The number of likely N-dealkylation sites (N-methyl/N-ethyl adjacent to an activating group) is 1. The lowest BCUT2D eigenvalue weighted by Gasteiger charge is -2.17. The van der Waals surface area contributed by atoms with Crippen LogP contribution in [0.4, 0.5) is 5.69 Å². The quantitative estimate of drug-likeness (QED) is 0.746. The van der Waals surface area contributed by atoms with Gasteiger partial charge in [0.1, 0.15) is 0 Å². The molecule has 1 amide bonds. The Hall–Kier alpha value is -1.12. The summed E-state index contributed by atoms with van der Waals surface area (Å²) in [6, 6.07) is 10.9. The molecule has 0 aliphatic carbocycles. The molecule has 2 aromatic carbocycles. The largest absolute Gasteiger partial charge is 0.325 e. The molecule has 1 N–H and O–H groups in total. The van der Waals surface area contributed by atoms with Crippen LogP contribution in [-0.4, -0.2) is 32.2 Å². The van der Waals surface area contributed by atoms with E-state index in [0.717, 1.165) is 4.31 Å². The lowest BCUT2D eigenvalue weighted by Crippen LogP contribution is -2.34. The van der Waals surface area contributed by atoms with Gasteiger partial charge < -0.3 is 5.32 Å². The molecule has 0 spiro atoms. The van der Waals surface area contributed by atoms with Crippen LogP contribution in [0.1, 0.15) is 0 Å². The van der Waals surface area contributed by atoms with E-state index < -0.39 is 15.9 Å². The molecule has 2 aromatic rings. The van der Waals surface area contributed by atoms with Crippen molar-refractivity contribution in [3.8, 4) is 0 Å². The molecule has 0 aromatic heterocycles. The number of carbonyl (C=O) groups excluding carboxylic acids is 1. The molecule has 0 fully saturated rings. The normalized spacial score (nSPS) is 11.5. The molecule has 128 valence electrons. The first kappa shape index (κ1) is 19.2. The molecule has 0 atom stereocenters. The summed E-state index contributed by atoms with van der Waals surface area (Å²) in [6.45, 7) is -0.338. The van der Waals surface area contributed by atoms with Crippen LogP contribution >= 0.6 is 39.1 Å². The number of carbonyl (C=O) groups is 1. The maximum atomic E-state index is 12.5. The summed E-state index contributed by atoms with van der Waals surface area (Å²) in [6.07, 6.45) is 0. The zero-order valence-electron chi connectivity index (χ0n) is 12.5. The summed E-state index contributed by atoms with van der Waals surface area (Å²) in [7, 11) is -2.43. The molecule has 0 aliphatic heterocycles. The monoisotopic (exact) mass is 450 g/mol. The molecule has 0 saturated carbocycles. The van der Waals surface area contributed by atoms with Crippen LogP contribution in [0.15, 0.2) is 51.8 Å². The smallest absolute Gasteiger partial charge is 0.243 e. The van der Waals surface area contributed by atoms with Crippen LogP contribution in [0.3, 0.4) is 0 Å². The van der Waals surface area contributed by atoms with E-state index in [9.17, 15) is 13.2 Å². The number of hydrogen-bond donors (Lipinski definition) is 1. The highest BCUT2D eigenvalue weighted by Gasteiger charge is 2.23. The minimum Gasteiger partial charge on any atom is -0.325 e. The van der Waals surface area contributed by atoms with Gasteiger partial charge in [-0.15, -0.1) is 0 Å². The summed E-state index contributed by atoms with van der Waals surface area (Å²) in [5, 5.41) is 3.24. The number of nitrogens with zero attached hydrogens (tertiary/aromatic N) is 1. The van der Waals surface area contributed by atoms with Gasteiger partial charge in [0.25, 0.3) is 0 Å². The van der Waals surface area contributed by atoms with E-state index in [4.69, 9.17) is 23.2 Å². The first-order valence-electron chi connectivity index (χ1n) is 6.67. The molecule has 24 heavy (non-hydrogen) atoms. The van der Waals surface area contributed by atoms with E-state index in [1.807, 2.05) is 0 Å². The van der Waals surface area contributed by atoms with Crippen LogP contribution in [0.25, 0.3) is 0 Å². The number of halogens is 3. The summed E-state index contributed by atoms with van der Waals surface area (Å²) in [4.78, 5) is 12.2. The Morgan fingerprint density at radius 3 is 2.50 bits per heavy atom. The van der Waals surface area contributed by atoms with Crippen molar-refractivity contribution in [3.05, 3.63) is 57.0 Å². The minimum atomic E-state index is -3.77. The van der Waals surface area contributed by atoms with E-state index in [0.29, 0.717) is 20.2 Å². The molecule has 5 nitrogen and oxygen atoms in total. The Morgan fingerprint density at radius 1 is 1.17 bits per heavy atom. The standard InChI is InChI=1S/C15H13BrCl2N2O3S/c1-20(24(22,23)12-4-2-3-10(16)7-12)9-15(21)19-11-5-6-13(17)14(18)8-11/h2-8H,9H2,1H3,(H,19,21). The van der Waals surface area contributed by atoms with Crippen molar-refractivity contribution in [2.24, 2.45) is 0 Å². The summed E-state index contributed by atoms with van der Waals surface area (Å²) in [5.41, 5.74) is 0.433. The Balaban J connectivity index is 2.09. The Labute approximate surface area is 158 Å². The maximum absolute atomic E-state index is 12.5. The average molecular weight is 452 g/mol. The molecule has 0 saturated heterocycles. The van der Waals surface area contributed by atoms with Gasteiger partial charge in [-0.05, 0) is 36.4 Å². The third kappa shape index (κ3) is 4.70. The first-order valence-corrected chi connectivity index (χ1v) is 9.66. The third-order valence-electron chi connectivity index (χ3n) is 3.07. The highest BCUT2D eigenvalue weighted by atomic mass is 79.9. The number of anilines is 1. The predicted molar refractivity (Wildman–Crippen MR) is 99.0 cm³/mol. The lowest BCUT2D eigenvalue weighted by atomic mass is 10.3. The second-order valence-corrected chi connectivity index (χ2v) is 8.67. The fraction of sp³-hybridized carbons (Fsp3) is 0.133. The molecule has 0 unspecified atom stereocenters. The third-order valence-corrected chi connectivity index (χ3v) is 6.11. The highest BCUT2D eigenvalue weighted by molar-refractivity contribution is 9.10. The van der Waals surface area contributed by atoms with Crippen molar-refractivity contribution < 1.29 is 13.2 Å². The van der Waals surface area contributed by atoms with E-state index in [-0.39, 0.29) is 11.4 Å². The van der Waals surface area contributed by atoms with Gasteiger partial charge in [-0.2, -0.15) is 4.31 Å². The Morgan fingerprint density at radius 2 is 1.88 bits per heavy atom. The van der Waals surface area contributed by atoms with Crippen LogP contribution in [0.2, 0.25) is 10.0 Å². The topological polar surface area (TPSA) is 66.5 Å². The van der Waals surface area contributed by atoms with Crippen LogP contribution in [-0.2, 0) is 14.8 Å². The number of benzene rings is 2. The van der Waals surface area contributed by atoms with Gasteiger partial charge in [0.2, 0.25) is 15.9 Å². The van der Waals surface area contributed by atoms with E-state index in [1.54, 1.807) is 24.3 Å². The summed E-state index contributed by atoms with van der Waals surface area (Å²) in [5.74, 6) is -0.491. The zero-order valence-corrected chi connectivity index (χ0v) is 16.4. The van der Waals surface area contributed by atoms with Crippen molar-refractivity contribution in [1.29, 1.82) is 0 Å². The molecule has 0 heterocycles. The number of amides is 1. The van der Waals surface area contributed by atoms with E-state index >= 15 is 0 Å². The zero-order chi connectivity index (χ0) is 17.9. The average Bonchev–Trinajstić information content (AvgIpc) is 2.50. The summed E-state index contributed by atoms with van der Waals surface area (Å²) >= 11 is 14.9. The maximum Gasteiger partial charge on any atom is 0.243 e. The molecule has 2 rings (SSSR count). The number of nitrogens with one attached hydrogen (secondary N) is 1. The fourth-order valence-electron chi connectivity index (χ4n) is 1.87. The predicted octanol–water partition coefficient (Wildman–Crippen LogP) is 4.02. The van der Waals surface area contributed by atoms with Crippen molar-refractivity contribution in [2.75, 3.05) is 18.9 Å². The summed E-state index contributed by atoms with van der Waals surface area (Å²) < 4.78 is 26.5. The lowest BCUT2D eigenvalue weighted by molar-refractivity contribution is -0.116. The molecule has 0 bridgehead atoms.